The molecule has 1 aromatic rings. The number of nitrogens with zero attached hydrogens (tertiary/aromatic N) is 1. The molecular formula is C17H24N4O. The molecule has 1 aromatic carbocycles. The van der Waals surface area contributed by atoms with Crippen molar-refractivity contribution in [2.24, 2.45) is 0 Å². The van der Waals surface area contributed by atoms with Gasteiger partial charge in [0.1, 0.15) is 0 Å². The van der Waals surface area contributed by atoms with Crippen LogP contribution in [0.25, 0.3) is 5.57 Å². The Morgan fingerprint density at radius 3 is 3.00 bits per heavy atom. The number of carbonyl (C=O) groups excluding carboxylic acids is 1. The van der Waals surface area contributed by atoms with Gasteiger partial charge in [0, 0.05) is 56.2 Å². The first-order valence-electron chi connectivity index (χ1n) is 8.00. The fraction of sp³-hybridized carbons (Fsp3) is 0.471. The number of fused-ring (bicyclic) bond motifs is 1. The molecule has 118 valence electrons. The van der Waals surface area contributed by atoms with Crippen LogP contribution in [0.1, 0.15) is 25.8 Å². The van der Waals surface area contributed by atoms with Crippen LogP contribution in [0.3, 0.4) is 0 Å². The Balaban J connectivity index is 1.95. The van der Waals surface area contributed by atoms with Gasteiger partial charge in [-0.15, -0.1) is 0 Å². The van der Waals surface area contributed by atoms with Crippen molar-refractivity contribution in [3.05, 3.63) is 29.8 Å². The van der Waals surface area contributed by atoms with Crippen molar-refractivity contribution >= 4 is 22.9 Å². The number of rotatable bonds is 3. The summed E-state index contributed by atoms with van der Waals surface area (Å²) in [5.74, 6) is 0.0819. The molecule has 0 bridgehead atoms. The van der Waals surface area contributed by atoms with E-state index in [-0.39, 0.29) is 5.91 Å². The van der Waals surface area contributed by atoms with Crippen LogP contribution in [0.5, 0.6) is 0 Å². The third-order valence-electron chi connectivity index (χ3n) is 4.32. The van der Waals surface area contributed by atoms with E-state index in [1.165, 1.54) is 11.1 Å². The number of amides is 1. The molecule has 0 saturated carbocycles. The van der Waals surface area contributed by atoms with E-state index >= 15 is 0 Å². The second kappa shape index (κ2) is 6.50. The normalized spacial score (nSPS) is 22.3. The molecule has 5 heteroatoms. The Kier molecular flexibility index (Phi) is 4.45. The van der Waals surface area contributed by atoms with E-state index in [1.807, 2.05) is 17.9 Å². The zero-order valence-corrected chi connectivity index (χ0v) is 13.3. The Morgan fingerprint density at radius 1 is 1.45 bits per heavy atom. The van der Waals surface area contributed by atoms with Crippen molar-refractivity contribution < 1.29 is 4.79 Å². The Morgan fingerprint density at radius 2 is 2.32 bits per heavy atom. The van der Waals surface area contributed by atoms with E-state index < -0.39 is 0 Å². The molecule has 1 fully saturated rings. The predicted octanol–water partition coefficient (Wildman–Crippen LogP) is 1.78. The van der Waals surface area contributed by atoms with Crippen molar-refractivity contribution in [2.75, 3.05) is 36.5 Å². The predicted molar refractivity (Wildman–Crippen MR) is 91.0 cm³/mol. The van der Waals surface area contributed by atoms with Crippen LogP contribution in [-0.2, 0) is 4.79 Å². The fourth-order valence-corrected chi connectivity index (χ4v) is 3.21. The van der Waals surface area contributed by atoms with Crippen molar-refractivity contribution in [3.63, 3.8) is 0 Å². The molecule has 2 heterocycles. The minimum atomic E-state index is 0.0819. The molecular weight excluding hydrogens is 276 g/mol. The minimum absolute atomic E-state index is 0.0819. The number of hydrogen-bond donors (Lipinski definition) is 3. The molecule has 5 nitrogen and oxygen atoms in total. The average Bonchev–Trinajstić information content (AvgIpc) is 3.01. The molecule has 1 amide bonds. The van der Waals surface area contributed by atoms with E-state index in [0.29, 0.717) is 12.6 Å². The highest BCUT2D eigenvalue weighted by atomic mass is 16.2. The van der Waals surface area contributed by atoms with Crippen molar-refractivity contribution in [3.8, 4) is 0 Å². The third-order valence-corrected chi connectivity index (χ3v) is 4.32. The number of anilines is 2. The van der Waals surface area contributed by atoms with Gasteiger partial charge in [0.15, 0.2) is 0 Å². The smallest absolute Gasteiger partial charge is 0.223 e. The molecule has 0 aromatic heterocycles. The summed E-state index contributed by atoms with van der Waals surface area (Å²) >= 11 is 0. The number of nitrogens with one attached hydrogen (secondary N) is 3. The molecule has 2 aliphatic rings. The summed E-state index contributed by atoms with van der Waals surface area (Å²) in [7, 11) is 0. The number of benzene rings is 1. The van der Waals surface area contributed by atoms with Crippen LogP contribution in [0.4, 0.5) is 11.4 Å². The van der Waals surface area contributed by atoms with Crippen LogP contribution in [0.2, 0.25) is 0 Å². The van der Waals surface area contributed by atoms with Gasteiger partial charge in [-0.3, -0.25) is 10.1 Å². The molecule has 22 heavy (non-hydrogen) atoms. The summed E-state index contributed by atoms with van der Waals surface area (Å²) in [6, 6.07) is 6.64. The van der Waals surface area contributed by atoms with E-state index in [4.69, 9.17) is 0 Å². The molecule has 3 N–H and O–H groups in total. The largest absolute Gasteiger partial charge is 0.384 e. The molecule has 0 aliphatic carbocycles. The molecule has 1 unspecified atom stereocenters. The Bertz CT molecular complexity index is 590. The lowest BCUT2D eigenvalue weighted by Crippen LogP contribution is -2.28. The zero-order chi connectivity index (χ0) is 15.5. The summed E-state index contributed by atoms with van der Waals surface area (Å²) in [5, 5.41) is 10.2. The summed E-state index contributed by atoms with van der Waals surface area (Å²) in [6.45, 7) is 7.11. The van der Waals surface area contributed by atoms with Gasteiger partial charge in [-0.1, -0.05) is 6.08 Å². The molecule has 0 spiro atoms. The molecule has 1 atom stereocenters. The average molecular weight is 300 g/mol. The standard InChI is InChI=1S/C17H24N4O/c1-3-21(12(2)22)15-4-5-17-16(9-15)13(6-7-19-17)8-14-10-18-11-20-14/h4-5,8-9,14,18-20H,3,6-7,10-11H2,1-2H3/b13-8+. The highest BCUT2D eigenvalue weighted by Crippen LogP contribution is 2.34. The fourth-order valence-electron chi connectivity index (χ4n) is 3.21. The topological polar surface area (TPSA) is 56.4 Å². The maximum Gasteiger partial charge on any atom is 0.223 e. The van der Waals surface area contributed by atoms with Crippen LogP contribution < -0.4 is 20.9 Å². The summed E-state index contributed by atoms with van der Waals surface area (Å²) in [6.07, 6.45) is 3.34. The SMILES string of the molecule is CCN(C(C)=O)c1ccc2c(c1)/C(=C/C1CNCN1)CCN2. The Labute approximate surface area is 131 Å². The second-order valence-electron chi connectivity index (χ2n) is 5.80. The third kappa shape index (κ3) is 3.00. The first-order valence-corrected chi connectivity index (χ1v) is 8.00. The van der Waals surface area contributed by atoms with Gasteiger partial charge in [0.2, 0.25) is 5.91 Å². The summed E-state index contributed by atoms with van der Waals surface area (Å²) in [4.78, 5) is 13.6. The Hall–Kier alpha value is -1.85. The maximum atomic E-state index is 11.8. The monoisotopic (exact) mass is 300 g/mol. The van der Waals surface area contributed by atoms with Gasteiger partial charge >= 0.3 is 0 Å². The first-order chi connectivity index (χ1) is 10.7. The molecule has 1 saturated heterocycles. The lowest BCUT2D eigenvalue weighted by Gasteiger charge is -2.26. The van der Waals surface area contributed by atoms with Crippen molar-refractivity contribution in [1.82, 2.24) is 10.6 Å². The van der Waals surface area contributed by atoms with Crippen molar-refractivity contribution in [2.45, 2.75) is 26.3 Å². The van der Waals surface area contributed by atoms with Crippen LogP contribution in [-0.4, -0.2) is 38.3 Å². The van der Waals surface area contributed by atoms with Gasteiger partial charge in [0.05, 0.1) is 0 Å². The first kappa shape index (κ1) is 15.1. The van der Waals surface area contributed by atoms with Crippen LogP contribution >= 0.6 is 0 Å². The van der Waals surface area contributed by atoms with Crippen molar-refractivity contribution in [1.29, 1.82) is 0 Å². The van der Waals surface area contributed by atoms with Gasteiger partial charge in [0.25, 0.3) is 0 Å². The summed E-state index contributed by atoms with van der Waals surface area (Å²) < 4.78 is 0. The van der Waals surface area contributed by atoms with Crippen LogP contribution in [0.15, 0.2) is 24.3 Å². The number of hydrogen-bond acceptors (Lipinski definition) is 4. The van der Waals surface area contributed by atoms with Gasteiger partial charge in [-0.25, -0.2) is 0 Å². The van der Waals surface area contributed by atoms with E-state index in [1.54, 1.807) is 6.92 Å². The molecule has 2 aliphatic heterocycles. The number of carbonyl (C=O) groups is 1. The van der Waals surface area contributed by atoms with Gasteiger partial charge in [-0.05, 0) is 37.1 Å². The lowest BCUT2D eigenvalue weighted by molar-refractivity contribution is -0.116. The van der Waals surface area contributed by atoms with E-state index in [0.717, 1.165) is 37.6 Å². The minimum Gasteiger partial charge on any atom is -0.384 e. The highest BCUT2D eigenvalue weighted by Gasteiger charge is 2.19. The highest BCUT2D eigenvalue weighted by molar-refractivity contribution is 5.93. The molecule has 0 radical (unpaired) electrons. The summed E-state index contributed by atoms with van der Waals surface area (Å²) in [5.41, 5.74) is 4.71. The quantitative estimate of drug-likeness (QED) is 0.796. The maximum absolute atomic E-state index is 11.8. The van der Waals surface area contributed by atoms with E-state index in [2.05, 4.69) is 34.2 Å². The van der Waals surface area contributed by atoms with Gasteiger partial charge in [-0.2, -0.15) is 0 Å². The van der Waals surface area contributed by atoms with E-state index in [9.17, 15) is 4.79 Å². The van der Waals surface area contributed by atoms with Crippen LogP contribution in [0, 0.1) is 0 Å². The lowest BCUT2D eigenvalue weighted by atomic mass is 9.94. The molecule has 3 rings (SSSR count). The van der Waals surface area contributed by atoms with Gasteiger partial charge < -0.3 is 15.5 Å². The second-order valence-corrected chi connectivity index (χ2v) is 5.80. The zero-order valence-electron chi connectivity index (χ0n) is 13.3.